The summed E-state index contributed by atoms with van der Waals surface area (Å²) in [6.45, 7) is 0.977. The molecule has 4 amide bonds. The maximum atomic E-state index is 12.8. The molecule has 30 heavy (non-hydrogen) atoms. The Balaban J connectivity index is 1.55. The summed E-state index contributed by atoms with van der Waals surface area (Å²) in [7, 11) is 0. The van der Waals surface area contributed by atoms with Gasteiger partial charge in [0.2, 0.25) is 17.7 Å². The van der Waals surface area contributed by atoms with Crippen molar-refractivity contribution < 1.29 is 19.2 Å². The Morgan fingerprint density at radius 3 is 2.57 bits per heavy atom. The Labute approximate surface area is 176 Å². The van der Waals surface area contributed by atoms with Gasteiger partial charge in [0, 0.05) is 36.2 Å². The normalized spacial score (nSPS) is 18.4. The number of rotatable bonds is 10. The summed E-state index contributed by atoms with van der Waals surface area (Å²) in [6.07, 6.45) is 7.23. The molecule has 1 unspecified atom stereocenters. The summed E-state index contributed by atoms with van der Waals surface area (Å²) in [5, 5.41) is 5.22. The summed E-state index contributed by atoms with van der Waals surface area (Å²) >= 11 is 0. The highest BCUT2D eigenvalue weighted by Gasteiger charge is 2.39. The lowest BCUT2D eigenvalue weighted by Gasteiger charge is -2.29. The number of fused-ring (bicyclic) bond motifs is 1. The first-order valence-electron chi connectivity index (χ1n) is 10.8. The van der Waals surface area contributed by atoms with Crippen LogP contribution in [0.15, 0.2) is 18.2 Å². The highest BCUT2D eigenvalue weighted by Crippen LogP contribution is 2.32. The molecule has 0 radical (unpaired) electrons. The number of hydrogen-bond donors (Lipinski definition) is 3. The van der Waals surface area contributed by atoms with Crippen LogP contribution in [0.25, 0.3) is 0 Å². The minimum atomic E-state index is -0.662. The van der Waals surface area contributed by atoms with Crippen LogP contribution >= 0.6 is 0 Å². The van der Waals surface area contributed by atoms with Crippen molar-refractivity contribution in [1.82, 2.24) is 10.2 Å². The third-order valence-electron chi connectivity index (χ3n) is 5.71. The number of benzene rings is 1. The number of hydrogen-bond acceptors (Lipinski definition) is 5. The Bertz CT molecular complexity index is 823. The fraction of sp³-hybridized carbons (Fsp3) is 0.545. The smallest absolute Gasteiger partial charge is 0.255 e. The molecular formula is C22H30N4O4. The molecule has 8 heteroatoms. The van der Waals surface area contributed by atoms with Crippen LogP contribution in [-0.4, -0.2) is 41.1 Å². The molecule has 0 bridgehead atoms. The van der Waals surface area contributed by atoms with Gasteiger partial charge >= 0.3 is 0 Å². The molecular weight excluding hydrogens is 384 g/mol. The van der Waals surface area contributed by atoms with Gasteiger partial charge in [0.25, 0.3) is 5.91 Å². The number of nitrogens with zero attached hydrogens (tertiary/aromatic N) is 1. The molecule has 4 N–H and O–H groups in total. The number of piperidine rings is 1. The summed E-state index contributed by atoms with van der Waals surface area (Å²) in [4.78, 5) is 50.3. The van der Waals surface area contributed by atoms with Gasteiger partial charge in [-0.2, -0.15) is 0 Å². The molecule has 1 fully saturated rings. The van der Waals surface area contributed by atoms with Crippen LogP contribution in [0.4, 0.5) is 5.69 Å². The van der Waals surface area contributed by atoms with Crippen LogP contribution in [0.3, 0.4) is 0 Å². The molecule has 0 spiro atoms. The molecule has 1 aromatic carbocycles. The zero-order valence-electron chi connectivity index (χ0n) is 17.2. The zero-order valence-corrected chi connectivity index (χ0v) is 17.2. The van der Waals surface area contributed by atoms with Gasteiger partial charge in [-0.15, -0.1) is 0 Å². The molecule has 2 aliphatic rings. The number of carbonyl (C=O) groups excluding carboxylic acids is 4. The van der Waals surface area contributed by atoms with Gasteiger partial charge in [0.05, 0.1) is 0 Å². The maximum Gasteiger partial charge on any atom is 0.255 e. The van der Waals surface area contributed by atoms with Gasteiger partial charge in [-0.05, 0) is 37.9 Å². The van der Waals surface area contributed by atoms with E-state index in [1.54, 1.807) is 18.2 Å². The molecule has 2 heterocycles. The van der Waals surface area contributed by atoms with E-state index in [1.165, 1.54) is 4.90 Å². The van der Waals surface area contributed by atoms with Gasteiger partial charge in [-0.1, -0.05) is 31.7 Å². The van der Waals surface area contributed by atoms with Gasteiger partial charge < -0.3 is 16.0 Å². The number of nitrogens with one attached hydrogen (secondary N) is 2. The van der Waals surface area contributed by atoms with Crippen LogP contribution in [0.5, 0.6) is 0 Å². The monoisotopic (exact) mass is 414 g/mol. The molecule has 0 aliphatic carbocycles. The first-order valence-corrected chi connectivity index (χ1v) is 10.8. The lowest BCUT2D eigenvalue weighted by molar-refractivity contribution is -0.137. The third kappa shape index (κ3) is 5.24. The van der Waals surface area contributed by atoms with Gasteiger partial charge in [-0.3, -0.25) is 24.5 Å². The van der Waals surface area contributed by atoms with Crippen LogP contribution in [0.2, 0.25) is 0 Å². The van der Waals surface area contributed by atoms with Crippen molar-refractivity contribution in [3.8, 4) is 0 Å². The van der Waals surface area contributed by atoms with Crippen molar-refractivity contribution in [1.29, 1.82) is 0 Å². The van der Waals surface area contributed by atoms with E-state index in [9.17, 15) is 19.2 Å². The lowest BCUT2D eigenvalue weighted by atomic mass is 10.0. The Morgan fingerprint density at radius 2 is 1.83 bits per heavy atom. The summed E-state index contributed by atoms with van der Waals surface area (Å²) in [5.41, 5.74) is 7.32. The van der Waals surface area contributed by atoms with Crippen LogP contribution in [0, 0.1) is 0 Å². The van der Waals surface area contributed by atoms with Crippen molar-refractivity contribution in [2.24, 2.45) is 5.73 Å². The summed E-state index contributed by atoms with van der Waals surface area (Å²) in [5.74, 6) is -1.07. The van der Waals surface area contributed by atoms with Crippen molar-refractivity contribution in [2.45, 2.75) is 70.4 Å². The Hall–Kier alpha value is -2.74. The Kier molecular flexibility index (Phi) is 7.57. The minimum Gasteiger partial charge on any atom is -0.330 e. The predicted molar refractivity (Wildman–Crippen MR) is 112 cm³/mol. The zero-order chi connectivity index (χ0) is 21.5. The predicted octanol–water partition coefficient (Wildman–Crippen LogP) is 2.08. The number of carbonyl (C=O) groups is 4. The fourth-order valence-electron chi connectivity index (χ4n) is 4.05. The topological polar surface area (TPSA) is 122 Å². The Morgan fingerprint density at radius 1 is 1.10 bits per heavy atom. The molecule has 1 saturated heterocycles. The van der Waals surface area contributed by atoms with E-state index in [-0.39, 0.29) is 30.7 Å². The number of imide groups is 1. The standard InChI is InChI=1S/C22H30N4O4/c23-13-6-4-2-1-3-5-10-19(27)24-17-9-7-8-15-16(17)14-26(22(15)30)18-11-12-20(28)25-21(18)29/h7-9,18H,1-6,10-14,23H2,(H,24,27)(H,25,28,29). The van der Waals surface area contributed by atoms with Gasteiger partial charge in [0.15, 0.2) is 0 Å². The molecule has 0 saturated carbocycles. The van der Waals surface area contributed by atoms with E-state index in [2.05, 4.69) is 10.6 Å². The third-order valence-corrected chi connectivity index (χ3v) is 5.71. The average Bonchev–Trinajstić information content (AvgIpc) is 3.05. The highest BCUT2D eigenvalue weighted by atomic mass is 16.2. The highest BCUT2D eigenvalue weighted by molar-refractivity contribution is 6.06. The summed E-state index contributed by atoms with van der Waals surface area (Å²) < 4.78 is 0. The number of anilines is 1. The number of nitrogens with two attached hydrogens (primary N) is 1. The van der Waals surface area contributed by atoms with Crippen molar-refractivity contribution in [3.05, 3.63) is 29.3 Å². The second kappa shape index (κ2) is 10.3. The average molecular weight is 415 g/mol. The second-order valence-electron chi connectivity index (χ2n) is 7.94. The van der Waals surface area contributed by atoms with Crippen LogP contribution in [0.1, 0.15) is 73.7 Å². The van der Waals surface area contributed by atoms with Gasteiger partial charge in [0.1, 0.15) is 6.04 Å². The van der Waals surface area contributed by atoms with Gasteiger partial charge in [-0.25, -0.2) is 0 Å². The van der Waals surface area contributed by atoms with Crippen molar-refractivity contribution in [3.63, 3.8) is 0 Å². The maximum absolute atomic E-state index is 12.8. The van der Waals surface area contributed by atoms with Crippen LogP contribution < -0.4 is 16.4 Å². The number of unbranched alkanes of at least 4 members (excludes halogenated alkanes) is 5. The van der Waals surface area contributed by atoms with E-state index < -0.39 is 11.9 Å². The van der Waals surface area contributed by atoms with E-state index in [1.807, 2.05) is 0 Å². The largest absolute Gasteiger partial charge is 0.330 e. The molecule has 3 rings (SSSR count). The van der Waals surface area contributed by atoms with E-state index >= 15 is 0 Å². The molecule has 1 atom stereocenters. The van der Waals surface area contributed by atoms with E-state index in [0.717, 1.165) is 50.6 Å². The van der Waals surface area contributed by atoms with E-state index in [0.29, 0.717) is 24.1 Å². The SMILES string of the molecule is NCCCCCCCCC(=O)Nc1cccc2c1CN(C1CCC(=O)NC1=O)C2=O. The molecule has 2 aliphatic heterocycles. The molecule has 162 valence electrons. The molecule has 1 aromatic rings. The lowest BCUT2D eigenvalue weighted by Crippen LogP contribution is -2.52. The molecule has 8 nitrogen and oxygen atoms in total. The van der Waals surface area contributed by atoms with Crippen molar-refractivity contribution >= 4 is 29.3 Å². The number of amides is 4. The van der Waals surface area contributed by atoms with Crippen molar-refractivity contribution in [2.75, 3.05) is 11.9 Å². The molecule has 0 aromatic heterocycles. The minimum absolute atomic E-state index is 0.0720. The first-order chi connectivity index (χ1) is 14.5. The fourth-order valence-corrected chi connectivity index (χ4v) is 4.05. The quantitative estimate of drug-likeness (QED) is 0.400. The van der Waals surface area contributed by atoms with Crippen LogP contribution in [-0.2, 0) is 20.9 Å². The second-order valence-corrected chi connectivity index (χ2v) is 7.94. The summed E-state index contributed by atoms with van der Waals surface area (Å²) in [6, 6.07) is 4.56. The van der Waals surface area contributed by atoms with E-state index in [4.69, 9.17) is 5.73 Å². The first kappa shape index (κ1) is 22.0.